The van der Waals surface area contributed by atoms with Crippen LogP contribution in [0.25, 0.3) is 0 Å². The van der Waals surface area contributed by atoms with Gasteiger partial charge in [-0.25, -0.2) is 4.98 Å². The predicted molar refractivity (Wildman–Crippen MR) is 82.9 cm³/mol. The second kappa shape index (κ2) is 7.23. The minimum absolute atomic E-state index is 0.00370. The molecule has 1 heterocycles. The van der Waals surface area contributed by atoms with E-state index in [1.807, 2.05) is 27.0 Å². The molecule has 20 heavy (non-hydrogen) atoms. The average Bonchev–Trinajstić information content (AvgIpc) is 2.83. The molecule has 1 aromatic heterocycles. The van der Waals surface area contributed by atoms with Crippen LogP contribution in [0.5, 0.6) is 0 Å². The summed E-state index contributed by atoms with van der Waals surface area (Å²) in [4.78, 5) is 21.3. The first-order chi connectivity index (χ1) is 9.39. The zero-order chi connectivity index (χ0) is 15.2. The van der Waals surface area contributed by atoms with E-state index in [-0.39, 0.29) is 5.91 Å². The fourth-order valence-corrected chi connectivity index (χ4v) is 2.31. The van der Waals surface area contributed by atoms with E-state index in [2.05, 4.69) is 25.9 Å². The fourth-order valence-electron chi connectivity index (χ4n) is 1.59. The van der Waals surface area contributed by atoms with E-state index in [0.29, 0.717) is 19.0 Å². The second-order valence-electron chi connectivity index (χ2n) is 5.11. The molecule has 0 bridgehead atoms. The van der Waals surface area contributed by atoms with Crippen molar-refractivity contribution in [3.8, 4) is 0 Å². The van der Waals surface area contributed by atoms with Crippen LogP contribution in [-0.4, -0.2) is 37.5 Å². The normalized spacial score (nSPS) is 12.2. The third-order valence-electron chi connectivity index (χ3n) is 2.84. The maximum atomic E-state index is 11.7. The van der Waals surface area contributed by atoms with Gasteiger partial charge in [0.15, 0.2) is 5.96 Å². The average molecular weight is 297 g/mol. The van der Waals surface area contributed by atoms with Gasteiger partial charge < -0.3 is 16.0 Å². The summed E-state index contributed by atoms with van der Waals surface area (Å²) in [5, 5.41) is 10.0. The van der Waals surface area contributed by atoms with Gasteiger partial charge in [0, 0.05) is 31.7 Å². The van der Waals surface area contributed by atoms with E-state index < -0.39 is 5.41 Å². The molecule has 1 aromatic rings. The van der Waals surface area contributed by atoms with Crippen LogP contribution in [0.4, 0.5) is 0 Å². The van der Waals surface area contributed by atoms with Gasteiger partial charge in [0.25, 0.3) is 0 Å². The van der Waals surface area contributed by atoms with Gasteiger partial charge in [-0.3, -0.25) is 9.79 Å². The number of nitrogens with zero attached hydrogens (tertiary/aromatic N) is 2. The van der Waals surface area contributed by atoms with Crippen molar-refractivity contribution in [2.45, 2.75) is 27.3 Å². The van der Waals surface area contributed by atoms with Crippen molar-refractivity contribution in [1.29, 1.82) is 0 Å². The van der Waals surface area contributed by atoms with E-state index >= 15 is 0 Å². The molecule has 0 aliphatic heterocycles. The summed E-state index contributed by atoms with van der Waals surface area (Å²) in [6.45, 7) is 6.93. The van der Waals surface area contributed by atoms with Crippen LogP contribution in [-0.2, 0) is 11.3 Å². The van der Waals surface area contributed by atoms with Crippen LogP contribution in [0.2, 0.25) is 0 Å². The number of hydrogen-bond donors (Lipinski definition) is 3. The Bertz CT molecular complexity index is 481. The summed E-state index contributed by atoms with van der Waals surface area (Å²) in [6.07, 6.45) is 1.85. The molecule has 0 radical (unpaired) electrons. The van der Waals surface area contributed by atoms with Crippen molar-refractivity contribution in [3.63, 3.8) is 0 Å². The number of thiazole rings is 1. The minimum Gasteiger partial charge on any atom is -0.359 e. The van der Waals surface area contributed by atoms with Crippen LogP contribution < -0.4 is 16.0 Å². The molecule has 1 amide bonds. The van der Waals surface area contributed by atoms with Crippen molar-refractivity contribution < 1.29 is 4.79 Å². The summed E-state index contributed by atoms with van der Waals surface area (Å²) in [5.74, 6) is 0.658. The summed E-state index contributed by atoms with van der Waals surface area (Å²) >= 11 is 1.65. The van der Waals surface area contributed by atoms with Gasteiger partial charge in [-0.2, -0.15) is 0 Å². The number of carbonyl (C=O) groups excluding carboxylic acids is 1. The van der Waals surface area contributed by atoms with Crippen molar-refractivity contribution in [2.24, 2.45) is 10.4 Å². The fraction of sp³-hybridized carbons (Fsp3) is 0.615. The summed E-state index contributed by atoms with van der Waals surface area (Å²) in [7, 11) is 3.34. The molecule has 0 saturated carbocycles. The first-order valence-electron chi connectivity index (χ1n) is 6.47. The van der Waals surface area contributed by atoms with E-state index in [1.165, 1.54) is 4.88 Å². The summed E-state index contributed by atoms with van der Waals surface area (Å²) < 4.78 is 0. The Morgan fingerprint density at radius 2 is 2.15 bits per heavy atom. The number of aliphatic imine (C=N–C) groups is 1. The molecule has 3 N–H and O–H groups in total. The molecule has 0 aliphatic carbocycles. The van der Waals surface area contributed by atoms with Crippen LogP contribution in [0.1, 0.15) is 23.7 Å². The highest BCUT2D eigenvalue weighted by Crippen LogP contribution is 2.13. The second-order valence-corrected chi connectivity index (χ2v) is 6.43. The third-order valence-corrected chi connectivity index (χ3v) is 3.75. The number of hydrogen-bond acceptors (Lipinski definition) is 4. The zero-order valence-electron chi connectivity index (χ0n) is 12.7. The largest absolute Gasteiger partial charge is 0.359 e. The number of aryl methyl sites for hydroxylation is 1. The zero-order valence-corrected chi connectivity index (χ0v) is 13.5. The lowest BCUT2D eigenvalue weighted by molar-refractivity contribution is -0.128. The highest BCUT2D eigenvalue weighted by molar-refractivity contribution is 7.11. The Morgan fingerprint density at radius 3 is 2.65 bits per heavy atom. The molecular weight excluding hydrogens is 274 g/mol. The number of amides is 1. The van der Waals surface area contributed by atoms with E-state index in [1.54, 1.807) is 25.4 Å². The molecule has 6 nitrogen and oxygen atoms in total. The Morgan fingerprint density at radius 1 is 1.45 bits per heavy atom. The third kappa shape index (κ3) is 4.80. The van der Waals surface area contributed by atoms with Gasteiger partial charge >= 0.3 is 0 Å². The standard InChI is InChI=1S/C13H23N5OS/c1-9-6-16-10(20-9)7-17-12(15-5)18-8-13(2,3)11(19)14-4/h6H,7-8H2,1-5H3,(H,14,19)(H2,15,17,18). The van der Waals surface area contributed by atoms with Crippen LogP contribution in [0, 0.1) is 12.3 Å². The predicted octanol–water partition coefficient (Wildman–Crippen LogP) is 0.889. The smallest absolute Gasteiger partial charge is 0.227 e. The molecule has 112 valence electrons. The van der Waals surface area contributed by atoms with Crippen molar-refractivity contribution >= 4 is 23.2 Å². The first-order valence-corrected chi connectivity index (χ1v) is 7.28. The Balaban J connectivity index is 2.46. The van der Waals surface area contributed by atoms with Crippen molar-refractivity contribution in [3.05, 3.63) is 16.1 Å². The van der Waals surface area contributed by atoms with E-state index in [0.717, 1.165) is 5.01 Å². The van der Waals surface area contributed by atoms with Gasteiger partial charge in [-0.1, -0.05) is 0 Å². The van der Waals surface area contributed by atoms with Gasteiger partial charge in [0.2, 0.25) is 5.91 Å². The molecule has 0 fully saturated rings. The summed E-state index contributed by atoms with van der Waals surface area (Å²) in [6, 6.07) is 0. The van der Waals surface area contributed by atoms with Crippen molar-refractivity contribution in [1.82, 2.24) is 20.9 Å². The molecule has 0 spiro atoms. The number of guanidine groups is 1. The van der Waals surface area contributed by atoms with Gasteiger partial charge in [-0.15, -0.1) is 11.3 Å². The lowest BCUT2D eigenvalue weighted by Crippen LogP contribution is -2.47. The Kier molecular flexibility index (Phi) is 5.94. The van der Waals surface area contributed by atoms with Gasteiger partial charge in [0.05, 0.1) is 12.0 Å². The molecule has 0 saturated heterocycles. The first kappa shape index (κ1) is 16.4. The van der Waals surface area contributed by atoms with Gasteiger partial charge in [0.1, 0.15) is 5.01 Å². The molecular formula is C13H23N5OS. The lowest BCUT2D eigenvalue weighted by atomic mass is 9.92. The SMILES string of the molecule is CN=C(NCc1ncc(C)s1)NCC(C)(C)C(=O)NC. The van der Waals surface area contributed by atoms with Crippen LogP contribution >= 0.6 is 11.3 Å². The maximum absolute atomic E-state index is 11.7. The number of carbonyl (C=O) groups is 1. The van der Waals surface area contributed by atoms with E-state index in [4.69, 9.17) is 0 Å². The molecule has 0 aromatic carbocycles. The Labute approximate surface area is 124 Å². The monoisotopic (exact) mass is 297 g/mol. The quantitative estimate of drug-likeness (QED) is 0.557. The minimum atomic E-state index is -0.496. The van der Waals surface area contributed by atoms with Crippen LogP contribution in [0.15, 0.2) is 11.2 Å². The topological polar surface area (TPSA) is 78.4 Å². The Hall–Kier alpha value is -1.63. The van der Waals surface area contributed by atoms with Crippen LogP contribution in [0.3, 0.4) is 0 Å². The van der Waals surface area contributed by atoms with E-state index in [9.17, 15) is 4.79 Å². The molecule has 0 aliphatic rings. The number of nitrogens with one attached hydrogen (secondary N) is 3. The molecule has 1 rings (SSSR count). The highest BCUT2D eigenvalue weighted by atomic mass is 32.1. The lowest BCUT2D eigenvalue weighted by Gasteiger charge is -2.24. The molecule has 0 atom stereocenters. The number of aromatic nitrogens is 1. The molecule has 7 heteroatoms. The highest BCUT2D eigenvalue weighted by Gasteiger charge is 2.26. The summed E-state index contributed by atoms with van der Waals surface area (Å²) in [5.41, 5.74) is -0.496. The van der Waals surface area contributed by atoms with Crippen molar-refractivity contribution in [2.75, 3.05) is 20.6 Å². The van der Waals surface area contributed by atoms with Gasteiger partial charge in [-0.05, 0) is 20.8 Å². The number of rotatable bonds is 5. The maximum Gasteiger partial charge on any atom is 0.227 e. The molecule has 0 unspecified atom stereocenters.